The van der Waals surface area contributed by atoms with Crippen molar-refractivity contribution in [2.45, 2.75) is 24.3 Å². The monoisotopic (exact) mass is 464 g/mol. The van der Waals surface area contributed by atoms with Gasteiger partial charge in [-0.15, -0.1) is 0 Å². The Morgan fingerprint density at radius 3 is 2.68 bits per heavy atom. The molecule has 2 N–H and O–H groups in total. The van der Waals surface area contributed by atoms with Gasteiger partial charge in [0.15, 0.2) is 11.5 Å². The van der Waals surface area contributed by atoms with Crippen molar-refractivity contribution in [3.05, 3.63) is 66.1 Å². The molecule has 10 heteroatoms. The molecule has 2 aromatic carbocycles. The number of benzene rings is 2. The van der Waals surface area contributed by atoms with E-state index in [1.165, 1.54) is 12.1 Å². The molecule has 4 heterocycles. The van der Waals surface area contributed by atoms with Crippen LogP contribution in [0, 0.1) is 5.82 Å². The van der Waals surface area contributed by atoms with Crippen molar-refractivity contribution < 1.29 is 28.1 Å². The fourth-order valence-corrected chi connectivity index (χ4v) is 4.44. The molecule has 0 radical (unpaired) electrons. The number of fused-ring (bicyclic) bond motifs is 2. The number of halogens is 1. The molecule has 2 saturated heterocycles. The van der Waals surface area contributed by atoms with Crippen LogP contribution in [-0.2, 0) is 9.47 Å². The van der Waals surface area contributed by atoms with Gasteiger partial charge in [0.25, 0.3) is 5.91 Å². The van der Waals surface area contributed by atoms with Gasteiger partial charge in [0.1, 0.15) is 18.0 Å². The van der Waals surface area contributed by atoms with Crippen LogP contribution >= 0.6 is 0 Å². The Hall–Kier alpha value is -3.76. The average molecular weight is 464 g/mol. The number of aromatic nitrogens is 2. The van der Waals surface area contributed by atoms with Gasteiger partial charge in [-0.1, -0.05) is 12.1 Å². The standard InChI is InChI=1S/C24H21FN4O5/c25-15-3-1-2-13(8-15)16-6-7-26-24(28-16)29-18-11-32-21-17(10-31-22(18)21)27-23(30)14-4-5-19-20(9-14)34-12-33-19/h1-9,17-18,21-22H,10-12H2,(H,27,30)(H,26,28,29)/t17-,18-,21+,22+/m0/s1. The van der Waals surface area contributed by atoms with Crippen molar-refractivity contribution in [3.8, 4) is 22.8 Å². The molecule has 34 heavy (non-hydrogen) atoms. The molecule has 6 rings (SSSR count). The third-order valence-electron chi connectivity index (χ3n) is 6.10. The predicted molar refractivity (Wildman–Crippen MR) is 118 cm³/mol. The first-order valence-corrected chi connectivity index (χ1v) is 10.9. The summed E-state index contributed by atoms with van der Waals surface area (Å²) in [5.41, 5.74) is 1.74. The van der Waals surface area contributed by atoms with Crippen LogP contribution in [0.5, 0.6) is 11.5 Å². The Morgan fingerprint density at radius 2 is 1.79 bits per heavy atom. The van der Waals surface area contributed by atoms with Crippen molar-refractivity contribution in [3.63, 3.8) is 0 Å². The molecule has 3 aromatic rings. The second-order valence-electron chi connectivity index (χ2n) is 8.27. The molecule has 4 atom stereocenters. The second-order valence-corrected chi connectivity index (χ2v) is 8.27. The number of carbonyl (C=O) groups excluding carboxylic acids is 1. The van der Waals surface area contributed by atoms with Crippen molar-refractivity contribution in [2.75, 3.05) is 25.3 Å². The van der Waals surface area contributed by atoms with Crippen LogP contribution in [0.25, 0.3) is 11.3 Å². The van der Waals surface area contributed by atoms with Crippen LogP contribution in [-0.4, -0.2) is 60.2 Å². The maximum absolute atomic E-state index is 13.6. The normalized spacial score (nSPS) is 24.6. The first-order valence-electron chi connectivity index (χ1n) is 10.9. The van der Waals surface area contributed by atoms with Crippen LogP contribution in [0.15, 0.2) is 54.7 Å². The number of anilines is 1. The zero-order valence-electron chi connectivity index (χ0n) is 17.9. The van der Waals surface area contributed by atoms with Crippen LogP contribution in [0.3, 0.4) is 0 Å². The number of hydrogen-bond donors (Lipinski definition) is 2. The lowest BCUT2D eigenvalue weighted by Gasteiger charge is -2.18. The maximum Gasteiger partial charge on any atom is 0.251 e. The maximum atomic E-state index is 13.6. The van der Waals surface area contributed by atoms with Crippen LogP contribution < -0.4 is 20.1 Å². The topological polar surface area (TPSA) is 104 Å². The summed E-state index contributed by atoms with van der Waals surface area (Å²) in [5, 5.41) is 6.26. The first-order chi connectivity index (χ1) is 16.6. The van der Waals surface area contributed by atoms with Crippen LogP contribution in [0.1, 0.15) is 10.4 Å². The molecule has 1 amide bonds. The minimum Gasteiger partial charge on any atom is -0.454 e. The van der Waals surface area contributed by atoms with Gasteiger partial charge >= 0.3 is 0 Å². The summed E-state index contributed by atoms with van der Waals surface area (Å²) in [7, 11) is 0. The highest BCUT2D eigenvalue weighted by atomic mass is 19.1. The lowest BCUT2D eigenvalue weighted by Crippen LogP contribution is -2.44. The number of hydrogen-bond acceptors (Lipinski definition) is 8. The third-order valence-corrected chi connectivity index (χ3v) is 6.10. The molecule has 0 bridgehead atoms. The van der Waals surface area contributed by atoms with Crippen molar-refractivity contribution >= 4 is 11.9 Å². The molecule has 9 nitrogen and oxygen atoms in total. The van der Waals surface area contributed by atoms with E-state index < -0.39 is 0 Å². The van der Waals surface area contributed by atoms with Gasteiger partial charge in [0.05, 0.1) is 31.0 Å². The minimum absolute atomic E-state index is 0.151. The van der Waals surface area contributed by atoms with Crippen molar-refractivity contribution in [1.29, 1.82) is 0 Å². The molecule has 0 spiro atoms. The number of nitrogens with one attached hydrogen (secondary N) is 2. The molecule has 2 fully saturated rings. The highest BCUT2D eigenvalue weighted by Crippen LogP contribution is 2.33. The van der Waals surface area contributed by atoms with E-state index in [1.807, 2.05) is 0 Å². The minimum atomic E-state index is -0.328. The van der Waals surface area contributed by atoms with E-state index >= 15 is 0 Å². The van der Waals surface area contributed by atoms with E-state index in [2.05, 4.69) is 20.6 Å². The van der Waals surface area contributed by atoms with E-state index in [4.69, 9.17) is 18.9 Å². The van der Waals surface area contributed by atoms with Gasteiger partial charge in [-0.2, -0.15) is 0 Å². The Bertz CT molecular complexity index is 1240. The lowest BCUT2D eigenvalue weighted by molar-refractivity contribution is 0.0652. The van der Waals surface area contributed by atoms with Gasteiger partial charge in [0.2, 0.25) is 12.7 Å². The fraction of sp³-hybridized carbons (Fsp3) is 0.292. The summed E-state index contributed by atoms with van der Waals surface area (Å²) in [6.45, 7) is 0.852. The van der Waals surface area contributed by atoms with E-state index in [-0.39, 0.29) is 42.8 Å². The van der Waals surface area contributed by atoms with Crippen LogP contribution in [0.4, 0.5) is 10.3 Å². The summed E-state index contributed by atoms with van der Waals surface area (Å²) in [6, 6.07) is 12.5. The SMILES string of the molecule is O=C(N[C@H]1CO[C@H]2[C@@H]1OC[C@@H]2Nc1nccc(-c2cccc(F)c2)n1)c1ccc2c(c1)OCO2. The third kappa shape index (κ3) is 3.91. The number of rotatable bonds is 5. The predicted octanol–water partition coefficient (Wildman–Crippen LogP) is 2.39. The molecule has 0 aliphatic carbocycles. The Morgan fingerprint density at radius 1 is 0.971 bits per heavy atom. The van der Waals surface area contributed by atoms with E-state index in [0.29, 0.717) is 47.5 Å². The Balaban J connectivity index is 1.11. The summed E-state index contributed by atoms with van der Waals surface area (Å²) < 4.78 is 36.2. The van der Waals surface area contributed by atoms with Crippen molar-refractivity contribution in [2.24, 2.45) is 0 Å². The highest BCUT2D eigenvalue weighted by Gasteiger charge is 2.48. The molecule has 1 aromatic heterocycles. The summed E-state index contributed by atoms with van der Waals surface area (Å²) in [4.78, 5) is 21.6. The number of carbonyl (C=O) groups is 1. The van der Waals surface area contributed by atoms with Gasteiger partial charge in [-0.3, -0.25) is 4.79 Å². The first kappa shape index (κ1) is 20.8. The van der Waals surface area contributed by atoms with Gasteiger partial charge in [-0.05, 0) is 36.4 Å². The quantitative estimate of drug-likeness (QED) is 0.593. The largest absolute Gasteiger partial charge is 0.454 e. The number of ether oxygens (including phenoxy) is 4. The molecule has 174 valence electrons. The van der Waals surface area contributed by atoms with Gasteiger partial charge < -0.3 is 29.6 Å². The van der Waals surface area contributed by atoms with E-state index in [0.717, 1.165) is 0 Å². The van der Waals surface area contributed by atoms with Gasteiger partial charge in [0, 0.05) is 17.3 Å². The van der Waals surface area contributed by atoms with Gasteiger partial charge in [-0.25, -0.2) is 14.4 Å². The summed E-state index contributed by atoms with van der Waals surface area (Å²) in [6.07, 6.45) is 1.04. The number of nitrogens with zero attached hydrogens (tertiary/aromatic N) is 2. The second kappa shape index (κ2) is 8.54. The van der Waals surface area contributed by atoms with Crippen LogP contribution in [0.2, 0.25) is 0 Å². The molecule has 3 aliphatic rings. The van der Waals surface area contributed by atoms with Crippen molar-refractivity contribution in [1.82, 2.24) is 15.3 Å². The zero-order valence-corrected chi connectivity index (χ0v) is 17.9. The Labute approximate surface area is 194 Å². The molecular formula is C24H21FN4O5. The van der Waals surface area contributed by atoms with E-state index in [9.17, 15) is 9.18 Å². The zero-order chi connectivity index (χ0) is 23.1. The summed E-state index contributed by atoms with van der Waals surface area (Å²) in [5.74, 6) is 1.00. The lowest BCUT2D eigenvalue weighted by atomic mass is 10.1. The highest BCUT2D eigenvalue weighted by molar-refractivity contribution is 5.95. The van der Waals surface area contributed by atoms with E-state index in [1.54, 1.807) is 42.6 Å². The number of amides is 1. The smallest absolute Gasteiger partial charge is 0.251 e. The Kier molecular flexibility index (Phi) is 5.23. The molecular weight excluding hydrogens is 443 g/mol. The molecule has 0 saturated carbocycles. The average Bonchev–Trinajstić information content (AvgIpc) is 3.57. The molecule has 0 unspecified atom stereocenters. The molecule has 3 aliphatic heterocycles. The fourth-order valence-electron chi connectivity index (χ4n) is 4.44. The summed E-state index contributed by atoms with van der Waals surface area (Å²) >= 11 is 0.